The van der Waals surface area contributed by atoms with Crippen molar-refractivity contribution in [1.29, 1.82) is 0 Å². The zero-order valence-corrected chi connectivity index (χ0v) is 15.2. The zero-order chi connectivity index (χ0) is 16.7. The van der Waals surface area contributed by atoms with Crippen LogP contribution in [0.5, 0.6) is 0 Å². The van der Waals surface area contributed by atoms with E-state index in [0.29, 0.717) is 10.9 Å². The predicted molar refractivity (Wildman–Crippen MR) is 100 cm³/mol. The lowest BCUT2D eigenvalue weighted by Gasteiger charge is -2.09. The Kier molecular flexibility index (Phi) is 7.41. The summed E-state index contributed by atoms with van der Waals surface area (Å²) >= 11 is 0. The van der Waals surface area contributed by atoms with Crippen LogP contribution in [0, 0.1) is 5.82 Å². The molecule has 0 aromatic heterocycles. The van der Waals surface area contributed by atoms with E-state index >= 15 is 0 Å². The monoisotopic (exact) mass is 317 g/mol. The molecule has 1 unspecified atom stereocenters. The third-order valence-corrected chi connectivity index (χ3v) is 4.27. The van der Waals surface area contributed by atoms with Gasteiger partial charge in [0.25, 0.3) is 0 Å². The van der Waals surface area contributed by atoms with Crippen molar-refractivity contribution in [3.8, 4) is 0 Å². The molecule has 1 aromatic carbocycles. The molecule has 1 atom stereocenters. The van der Waals surface area contributed by atoms with Gasteiger partial charge in [-0.15, -0.1) is 9.24 Å². The molecule has 0 radical (unpaired) electrons. The van der Waals surface area contributed by atoms with Gasteiger partial charge in [-0.05, 0) is 50.8 Å². The minimum Gasteiger partial charge on any atom is -0.262 e. The molecule has 0 saturated carbocycles. The highest BCUT2D eigenvalue weighted by Gasteiger charge is 2.09. The first kappa shape index (κ1) is 18.5. The molecule has 3 heteroatoms. The van der Waals surface area contributed by atoms with Crippen LogP contribution in [0.4, 0.5) is 4.39 Å². The second kappa shape index (κ2) is 8.80. The summed E-state index contributed by atoms with van der Waals surface area (Å²) in [5, 5.41) is 0.666. The summed E-state index contributed by atoms with van der Waals surface area (Å²) in [5.74, 6) is -0.150. The minimum absolute atomic E-state index is 0.150. The maximum absolute atomic E-state index is 14.4. The number of halogens is 1. The number of rotatable bonds is 5. The van der Waals surface area contributed by atoms with Crippen LogP contribution in [0.3, 0.4) is 0 Å². The van der Waals surface area contributed by atoms with Crippen LogP contribution in [0.25, 0.3) is 5.57 Å². The first-order chi connectivity index (χ1) is 10.4. The van der Waals surface area contributed by atoms with Crippen molar-refractivity contribution in [2.24, 2.45) is 4.99 Å². The Bertz CT molecular complexity index is 652. The van der Waals surface area contributed by atoms with E-state index < -0.39 is 0 Å². The van der Waals surface area contributed by atoms with Crippen molar-refractivity contribution in [1.82, 2.24) is 0 Å². The fourth-order valence-corrected chi connectivity index (χ4v) is 2.45. The fourth-order valence-electron chi connectivity index (χ4n) is 1.99. The first-order valence-corrected chi connectivity index (χ1v) is 8.08. The van der Waals surface area contributed by atoms with Crippen molar-refractivity contribution in [2.45, 2.75) is 41.0 Å². The summed E-state index contributed by atoms with van der Waals surface area (Å²) in [7, 11) is 2.51. The third-order valence-electron chi connectivity index (χ3n) is 3.65. The van der Waals surface area contributed by atoms with Crippen molar-refractivity contribution < 1.29 is 4.39 Å². The summed E-state index contributed by atoms with van der Waals surface area (Å²) < 4.78 is 14.4. The van der Waals surface area contributed by atoms with Crippen LogP contribution in [0.2, 0.25) is 0 Å². The van der Waals surface area contributed by atoms with E-state index in [1.54, 1.807) is 6.20 Å². The van der Waals surface area contributed by atoms with Crippen LogP contribution in [-0.4, -0.2) is 5.71 Å². The highest BCUT2D eigenvalue weighted by atomic mass is 31.0. The lowest BCUT2D eigenvalue weighted by Crippen LogP contribution is -2.08. The molecule has 1 rings (SSSR count). The summed E-state index contributed by atoms with van der Waals surface area (Å²) in [6, 6.07) is 3.85. The van der Waals surface area contributed by atoms with E-state index in [-0.39, 0.29) is 5.82 Å². The number of aliphatic imine (C=N–C) groups is 1. The molecule has 0 aliphatic heterocycles. The Morgan fingerprint density at radius 2 is 1.91 bits per heavy atom. The first-order valence-electron chi connectivity index (χ1n) is 7.50. The van der Waals surface area contributed by atoms with Crippen molar-refractivity contribution >= 4 is 25.8 Å². The standard InChI is InChI=1S/C19H25FNP/c1-6-12-21-15(5)13(3)8-9-14(4)17-11-10-16(7-2)19(22)18(17)20/h6,8-12H,7,22H2,1-5H3/b12-6-,13-8+,14-9+,21-15-. The predicted octanol–water partition coefficient (Wildman–Crippen LogP) is 5.23. The van der Waals surface area contributed by atoms with Gasteiger partial charge in [0.05, 0.1) is 0 Å². The van der Waals surface area contributed by atoms with Crippen LogP contribution in [-0.2, 0) is 6.42 Å². The Morgan fingerprint density at radius 3 is 2.50 bits per heavy atom. The summed E-state index contributed by atoms with van der Waals surface area (Å²) in [5.41, 5.74) is 4.60. The Morgan fingerprint density at radius 1 is 1.23 bits per heavy atom. The quantitative estimate of drug-likeness (QED) is 0.400. The summed E-state index contributed by atoms with van der Waals surface area (Å²) in [6.07, 6.45) is 8.42. The molecule has 0 spiro atoms. The van der Waals surface area contributed by atoms with E-state index in [9.17, 15) is 4.39 Å². The molecule has 22 heavy (non-hydrogen) atoms. The number of nitrogens with zero attached hydrogens (tertiary/aromatic N) is 1. The van der Waals surface area contributed by atoms with Crippen LogP contribution in [0.1, 0.15) is 45.7 Å². The van der Waals surface area contributed by atoms with Gasteiger partial charge in [-0.3, -0.25) is 4.99 Å². The summed E-state index contributed by atoms with van der Waals surface area (Å²) in [4.78, 5) is 4.31. The van der Waals surface area contributed by atoms with Gasteiger partial charge in [-0.25, -0.2) is 4.39 Å². The van der Waals surface area contributed by atoms with Crippen molar-refractivity contribution in [3.05, 3.63) is 59.1 Å². The molecule has 118 valence electrons. The van der Waals surface area contributed by atoms with E-state index in [4.69, 9.17) is 0 Å². The van der Waals surface area contributed by atoms with E-state index in [1.807, 2.05) is 65.0 Å². The molecule has 1 nitrogen and oxygen atoms in total. The molecule has 0 aliphatic rings. The van der Waals surface area contributed by atoms with Crippen LogP contribution in [0.15, 0.2) is 47.1 Å². The van der Waals surface area contributed by atoms with Gasteiger partial charge in [-0.1, -0.05) is 37.3 Å². The minimum atomic E-state index is -0.150. The molecule has 0 N–H and O–H groups in total. The number of allylic oxidation sites excluding steroid dienone is 5. The molecule has 1 aromatic rings. The van der Waals surface area contributed by atoms with Gasteiger partial charge in [0, 0.05) is 22.8 Å². The number of hydrogen-bond donors (Lipinski definition) is 0. The Labute approximate surface area is 135 Å². The topological polar surface area (TPSA) is 12.4 Å². The zero-order valence-electron chi connectivity index (χ0n) is 14.1. The molecule has 0 fully saturated rings. The van der Waals surface area contributed by atoms with Gasteiger partial charge in [0.1, 0.15) is 5.82 Å². The number of hydrogen-bond acceptors (Lipinski definition) is 1. The fraction of sp³-hybridized carbons (Fsp3) is 0.316. The highest BCUT2D eigenvalue weighted by Crippen LogP contribution is 2.20. The number of benzene rings is 1. The van der Waals surface area contributed by atoms with Gasteiger partial charge < -0.3 is 0 Å². The summed E-state index contributed by atoms with van der Waals surface area (Å²) in [6.45, 7) is 9.86. The van der Waals surface area contributed by atoms with E-state index in [2.05, 4.69) is 14.2 Å². The van der Waals surface area contributed by atoms with Gasteiger partial charge in [0.2, 0.25) is 0 Å². The maximum atomic E-state index is 14.4. The third kappa shape index (κ3) is 4.74. The second-order valence-electron chi connectivity index (χ2n) is 5.25. The lowest BCUT2D eigenvalue weighted by molar-refractivity contribution is 0.631. The second-order valence-corrected chi connectivity index (χ2v) is 5.83. The molecular weight excluding hydrogens is 292 g/mol. The van der Waals surface area contributed by atoms with Crippen molar-refractivity contribution in [3.63, 3.8) is 0 Å². The number of aryl methyl sites for hydroxylation is 1. The average molecular weight is 317 g/mol. The normalized spacial score (nSPS) is 14.0. The molecule has 0 saturated heterocycles. The molecule has 0 amide bonds. The van der Waals surface area contributed by atoms with Crippen LogP contribution < -0.4 is 5.30 Å². The molecule has 0 heterocycles. The Balaban J connectivity index is 3.11. The molecule has 0 bridgehead atoms. The molecule has 0 aliphatic carbocycles. The van der Waals surface area contributed by atoms with E-state index in [0.717, 1.165) is 28.8 Å². The largest absolute Gasteiger partial charge is 0.262 e. The Hall–Kier alpha value is -1.53. The lowest BCUT2D eigenvalue weighted by atomic mass is 10.0. The highest BCUT2D eigenvalue weighted by molar-refractivity contribution is 7.27. The van der Waals surface area contributed by atoms with Gasteiger partial charge in [-0.2, -0.15) is 0 Å². The van der Waals surface area contributed by atoms with Gasteiger partial charge in [0.15, 0.2) is 0 Å². The smallest absolute Gasteiger partial charge is 0.138 e. The molecular formula is C19H25FNP. The van der Waals surface area contributed by atoms with Gasteiger partial charge >= 0.3 is 0 Å². The average Bonchev–Trinajstić information content (AvgIpc) is 2.52. The van der Waals surface area contributed by atoms with E-state index in [1.165, 1.54) is 0 Å². The maximum Gasteiger partial charge on any atom is 0.138 e. The SMILES string of the molecule is C\C=C/N=C(C)\C(C)=C\C=C(/C)c1ccc(CC)c(P)c1F. The van der Waals surface area contributed by atoms with Crippen molar-refractivity contribution in [2.75, 3.05) is 0 Å². The van der Waals surface area contributed by atoms with Crippen LogP contribution >= 0.6 is 9.24 Å².